The predicted octanol–water partition coefficient (Wildman–Crippen LogP) is 2.85. The molecule has 0 aliphatic carbocycles. The molecule has 0 atom stereocenters. The van der Waals surface area contributed by atoms with Gasteiger partial charge in [0.05, 0.1) is 12.2 Å². The van der Waals surface area contributed by atoms with Gasteiger partial charge in [0, 0.05) is 42.0 Å². The summed E-state index contributed by atoms with van der Waals surface area (Å²) in [6.07, 6.45) is 2.04. The van der Waals surface area contributed by atoms with Crippen molar-refractivity contribution in [1.82, 2.24) is 14.8 Å². The SMILES string of the molecule is CN(CC(=O)O)C1CCN(Cc2csc(-c3ccsc3)n2)CC1. The fourth-order valence-electron chi connectivity index (χ4n) is 2.99. The summed E-state index contributed by atoms with van der Waals surface area (Å²) in [5.74, 6) is -0.752. The van der Waals surface area contributed by atoms with E-state index in [0.717, 1.165) is 43.2 Å². The van der Waals surface area contributed by atoms with Gasteiger partial charge in [-0.25, -0.2) is 4.98 Å². The second kappa shape index (κ2) is 7.53. The molecular weight excluding hydrogens is 330 g/mol. The topological polar surface area (TPSA) is 56.7 Å². The largest absolute Gasteiger partial charge is 0.480 e. The van der Waals surface area contributed by atoms with Crippen LogP contribution in [0.5, 0.6) is 0 Å². The number of aliphatic carboxylic acids is 1. The molecule has 0 spiro atoms. The van der Waals surface area contributed by atoms with Crippen LogP contribution in [0.15, 0.2) is 22.2 Å². The van der Waals surface area contributed by atoms with Gasteiger partial charge in [0.2, 0.25) is 0 Å². The fraction of sp³-hybridized carbons (Fsp3) is 0.500. The van der Waals surface area contributed by atoms with E-state index in [1.54, 1.807) is 22.7 Å². The molecule has 23 heavy (non-hydrogen) atoms. The Kier molecular flexibility index (Phi) is 5.42. The standard InChI is InChI=1S/C16H21N3O2S2/c1-18(9-15(20)21)14-2-5-19(6-3-14)8-13-11-23-16(17-13)12-4-7-22-10-12/h4,7,10-11,14H,2-3,5-6,8-9H2,1H3,(H,20,21). The Morgan fingerprint density at radius 3 is 2.87 bits per heavy atom. The van der Waals surface area contributed by atoms with Gasteiger partial charge in [-0.2, -0.15) is 11.3 Å². The minimum atomic E-state index is -0.752. The molecule has 2 aromatic heterocycles. The van der Waals surface area contributed by atoms with E-state index < -0.39 is 5.97 Å². The highest BCUT2D eigenvalue weighted by molar-refractivity contribution is 7.14. The van der Waals surface area contributed by atoms with E-state index in [0.29, 0.717) is 6.04 Å². The van der Waals surface area contributed by atoms with Crippen LogP contribution in [0.4, 0.5) is 0 Å². The number of hydrogen-bond acceptors (Lipinski definition) is 6. The second-order valence-electron chi connectivity index (χ2n) is 5.97. The quantitative estimate of drug-likeness (QED) is 0.867. The molecule has 0 aromatic carbocycles. The van der Waals surface area contributed by atoms with Gasteiger partial charge < -0.3 is 5.11 Å². The summed E-state index contributed by atoms with van der Waals surface area (Å²) in [5.41, 5.74) is 2.34. The normalized spacial score (nSPS) is 17.0. The van der Waals surface area contributed by atoms with Crippen molar-refractivity contribution in [3.8, 4) is 10.6 Å². The van der Waals surface area contributed by atoms with Gasteiger partial charge >= 0.3 is 5.97 Å². The molecule has 1 aliphatic rings. The number of carbonyl (C=O) groups is 1. The van der Waals surface area contributed by atoms with Crippen molar-refractivity contribution in [2.24, 2.45) is 0 Å². The number of carboxylic acid groups (broad SMARTS) is 1. The monoisotopic (exact) mass is 351 g/mol. The van der Waals surface area contributed by atoms with E-state index in [4.69, 9.17) is 10.1 Å². The first kappa shape index (κ1) is 16.6. The lowest BCUT2D eigenvalue weighted by Gasteiger charge is -2.35. The van der Waals surface area contributed by atoms with Crippen LogP contribution < -0.4 is 0 Å². The first-order valence-electron chi connectivity index (χ1n) is 7.73. The van der Waals surface area contributed by atoms with Gasteiger partial charge in [-0.05, 0) is 31.3 Å². The summed E-state index contributed by atoms with van der Waals surface area (Å²) >= 11 is 3.40. The maximum atomic E-state index is 10.8. The fourth-order valence-corrected chi connectivity index (χ4v) is 4.51. The number of nitrogens with zero attached hydrogens (tertiary/aromatic N) is 3. The molecule has 7 heteroatoms. The van der Waals surface area contributed by atoms with Gasteiger partial charge in [0.1, 0.15) is 5.01 Å². The van der Waals surface area contributed by atoms with Crippen molar-refractivity contribution < 1.29 is 9.90 Å². The first-order valence-corrected chi connectivity index (χ1v) is 9.55. The Morgan fingerprint density at radius 2 is 2.22 bits per heavy atom. The highest BCUT2D eigenvalue weighted by Crippen LogP contribution is 2.26. The number of thiophene rings is 1. The molecule has 3 heterocycles. The zero-order chi connectivity index (χ0) is 16.2. The molecule has 0 radical (unpaired) electrons. The number of likely N-dealkylation sites (tertiary alicyclic amines) is 1. The molecule has 124 valence electrons. The van der Waals surface area contributed by atoms with Crippen molar-refractivity contribution in [3.63, 3.8) is 0 Å². The number of likely N-dealkylation sites (N-methyl/N-ethyl adjacent to an activating group) is 1. The van der Waals surface area contributed by atoms with E-state index in [2.05, 4.69) is 27.1 Å². The first-order chi connectivity index (χ1) is 11.1. The molecule has 3 rings (SSSR count). The zero-order valence-electron chi connectivity index (χ0n) is 13.1. The molecule has 1 aliphatic heterocycles. The maximum absolute atomic E-state index is 10.8. The minimum Gasteiger partial charge on any atom is -0.480 e. The van der Waals surface area contributed by atoms with E-state index in [-0.39, 0.29) is 6.54 Å². The summed E-state index contributed by atoms with van der Waals surface area (Å²) in [6.45, 7) is 3.01. The van der Waals surface area contributed by atoms with Gasteiger partial charge in [-0.15, -0.1) is 11.3 Å². The molecule has 0 saturated carbocycles. The molecule has 0 amide bonds. The van der Waals surface area contributed by atoms with Crippen LogP contribution in [0.2, 0.25) is 0 Å². The van der Waals surface area contributed by atoms with E-state index >= 15 is 0 Å². The van der Waals surface area contributed by atoms with Crippen molar-refractivity contribution in [3.05, 3.63) is 27.9 Å². The molecule has 5 nitrogen and oxygen atoms in total. The average Bonchev–Trinajstić information content (AvgIpc) is 3.18. The van der Waals surface area contributed by atoms with Crippen LogP contribution in [-0.4, -0.2) is 58.6 Å². The number of carboxylic acids is 1. The summed E-state index contributed by atoms with van der Waals surface area (Å²) in [5, 5.41) is 16.3. The highest BCUT2D eigenvalue weighted by Gasteiger charge is 2.24. The van der Waals surface area contributed by atoms with Crippen molar-refractivity contribution in [1.29, 1.82) is 0 Å². The van der Waals surface area contributed by atoms with Crippen molar-refractivity contribution in [2.75, 3.05) is 26.7 Å². The third-order valence-electron chi connectivity index (χ3n) is 4.27. The molecule has 1 fully saturated rings. The van der Waals surface area contributed by atoms with Gasteiger partial charge in [-0.1, -0.05) is 0 Å². The summed E-state index contributed by atoms with van der Waals surface area (Å²) < 4.78 is 0. The Hall–Kier alpha value is -1.28. The molecule has 1 N–H and O–H groups in total. The number of rotatable bonds is 6. The molecule has 1 saturated heterocycles. The molecule has 2 aromatic rings. The second-order valence-corrected chi connectivity index (χ2v) is 7.61. The van der Waals surface area contributed by atoms with Gasteiger partial charge in [0.25, 0.3) is 0 Å². The van der Waals surface area contributed by atoms with Crippen LogP contribution in [0.3, 0.4) is 0 Å². The summed E-state index contributed by atoms with van der Waals surface area (Å²) in [6, 6.07) is 2.48. The highest BCUT2D eigenvalue weighted by atomic mass is 32.1. The Balaban J connectivity index is 1.50. The summed E-state index contributed by atoms with van der Waals surface area (Å²) in [4.78, 5) is 19.9. The summed E-state index contributed by atoms with van der Waals surface area (Å²) in [7, 11) is 1.90. The number of hydrogen-bond donors (Lipinski definition) is 1. The third-order valence-corrected chi connectivity index (χ3v) is 5.89. The number of piperidine rings is 1. The Labute approximate surface area is 144 Å². The van der Waals surface area contributed by atoms with Crippen molar-refractivity contribution >= 4 is 28.6 Å². The molecule has 0 unspecified atom stereocenters. The van der Waals surface area contributed by atoms with E-state index in [1.165, 1.54) is 5.56 Å². The van der Waals surface area contributed by atoms with Crippen molar-refractivity contribution in [2.45, 2.75) is 25.4 Å². The van der Waals surface area contributed by atoms with Gasteiger partial charge in [-0.3, -0.25) is 14.6 Å². The van der Waals surface area contributed by atoms with Gasteiger partial charge in [0.15, 0.2) is 0 Å². The lowest BCUT2D eigenvalue weighted by molar-refractivity contribution is -0.138. The van der Waals surface area contributed by atoms with Crippen LogP contribution in [0.1, 0.15) is 18.5 Å². The van der Waals surface area contributed by atoms with E-state index in [1.807, 2.05) is 11.9 Å². The lowest BCUT2D eigenvalue weighted by Crippen LogP contribution is -2.44. The molecular formula is C16H21N3O2S2. The van der Waals surface area contributed by atoms with Crippen LogP contribution in [0.25, 0.3) is 10.6 Å². The van der Waals surface area contributed by atoms with Crippen LogP contribution in [-0.2, 0) is 11.3 Å². The zero-order valence-corrected chi connectivity index (χ0v) is 14.8. The third kappa shape index (κ3) is 4.38. The van der Waals surface area contributed by atoms with Crippen LogP contribution >= 0.6 is 22.7 Å². The Bertz CT molecular complexity index is 634. The minimum absolute atomic E-state index is 0.126. The van der Waals surface area contributed by atoms with E-state index in [9.17, 15) is 4.79 Å². The average molecular weight is 351 g/mol. The molecule has 0 bridgehead atoms. The lowest BCUT2D eigenvalue weighted by atomic mass is 10.0. The Morgan fingerprint density at radius 1 is 1.43 bits per heavy atom. The number of aromatic nitrogens is 1. The number of thiazole rings is 1. The van der Waals surface area contributed by atoms with Crippen LogP contribution in [0, 0.1) is 0 Å². The maximum Gasteiger partial charge on any atom is 0.317 e. The predicted molar refractivity (Wildman–Crippen MR) is 94.0 cm³/mol. The smallest absolute Gasteiger partial charge is 0.317 e.